The van der Waals surface area contributed by atoms with Gasteiger partial charge in [-0.05, 0) is 17.7 Å². The van der Waals surface area contributed by atoms with Gasteiger partial charge < -0.3 is 20.6 Å². The van der Waals surface area contributed by atoms with Crippen LogP contribution in [0.25, 0.3) is 0 Å². The smallest absolute Gasteiger partial charge is 0.115 e. The Kier molecular flexibility index (Phi) is 3.43. The molecule has 1 heterocycles. The summed E-state index contributed by atoms with van der Waals surface area (Å²) in [6, 6.07) is 6.82. The predicted molar refractivity (Wildman–Crippen MR) is 60.3 cm³/mol. The van der Waals surface area contributed by atoms with Crippen LogP contribution in [0.1, 0.15) is 11.5 Å². The summed E-state index contributed by atoms with van der Waals surface area (Å²) in [5.74, 6) is 0.174. The van der Waals surface area contributed by atoms with Crippen LogP contribution in [0.3, 0.4) is 0 Å². The zero-order chi connectivity index (χ0) is 11.5. The summed E-state index contributed by atoms with van der Waals surface area (Å²) in [5.41, 5.74) is 0.964. The second-order valence-corrected chi connectivity index (χ2v) is 4.29. The second-order valence-electron chi connectivity index (χ2n) is 4.29. The van der Waals surface area contributed by atoms with Crippen molar-refractivity contribution in [2.24, 2.45) is 5.92 Å². The van der Waals surface area contributed by atoms with Crippen molar-refractivity contribution in [3.63, 3.8) is 0 Å². The molecule has 1 fully saturated rings. The van der Waals surface area contributed by atoms with E-state index in [4.69, 9.17) is 0 Å². The van der Waals surface area contributed by atoms with E-state index in [2.05, 4.69) is 5.32 Å². The van der Waals surface area contributed by atoms with Crippen LogP contribution in [0.5, 0.6) is 5.75 Å². The van der Waals surface area contributed by atoms with E-state index in [0.29, 0.717) is 13.1 Å². The van der Waals surface area contributed by atoms with E-state index in [1.807, 2.05) is 0 Å². The third kappa shape index (κ3) is 2.19. The summed E-state index contributed by atoms with van der Waals surface area (Å²) < 4.78 is 0. The minimum Gasteiger partial charge on any atom is -0.508 e. The lowest BCUT2D eigenvalue weighted by atomic mass is 9.80. The van der Waals surface area contributed by atoms with E-state index in [1.165, 1.54) is 0 Å². The van der Waals surface area contributed by atoms with Gasteiger partial charge in [-0.2, -0.15) is 0 Å². The standard InChI is InChI=1S/C12H17NO3/c14-7-9-5-13-6-11(16)12(9)8-1-3-10(15)4-2-8/h1-4,9,11-16H,5-7H2/t9-,11-,12-/m0/s1. The van der Waals surface area contributed by atoms with Crippen molar-refractivity contribution >= 4 is 0 Å². The van der Waals surface area contributed by atoms with Gasteiger partial charge in [0.1, 0.15) is 5.75 Å². The van der Waals surface area contributed by atoms with E-state index < -0.39 is 6.10 Å². The Balaban J connectivity index is 2.24. The molecule has 16 heavy (non-hydrogen) atoms. The predicted octanol–water partition coefficient (Wildman–Crippen LogP) is 0.0484. The number of nitrogens with one attached hydrogen (secondary N) is 1. The van der Waals surface area contributed by atoms with Crippen LogP contribution in [0.2, 0.25) is 0 Å². The molecule has 1 aliphatic rings. The first-order valence-corrected chi connectivity index (χ1v) is 5.51. The summed E-state index contributed by atoms with van der Waals surface area (Å²) in [5, 5.41) is 31.6. The van der Waals surface area contributed by atoms with Gasteiger partial charge in [-0.3, -0.25) is 0 Å². The van der Waals surface area contributed by atoms with Gasteiger partial charge in [0.05, 0.1) is 6.10 Å². The van der Waals surface area contributed by atoms with Gasteiger partial charge in [-0.25, -0.2) is 0 Å². The maximum Gasteiger partial charge on any atom is 0.115 e. The molecule has 1 aliphatic heterocycles. The Bertz CT molecular complexity index is 339. The molecule has 0 aliphatic carbocycles. The highest BCUT2D eigenvalue weighted by atomic mass is 16.3. The third-order valence-corrected chi connectivity index (χ3v) is 3.19. The average molecular weight is 223 g/mol. The van der Waals surface area contributed by atoms with Crippen molar-refractivity contribution in [1.82, 2.24) is 5.32 Å². The quantitative estimate of drug-likeness (QED) is 0.571. The molecule has 0 amide bonds. The van der Waals surface area contributed by atoms with Gasteiger partial charge in [-0.1, -0.05) is 12.1 Å². The molecule has 1 aromatic carbocycles. The molecular weight excluding hydrogens is 206 g/mol. The number of benzene rings is 1. The Morgan fingerprint density at radius 2 is 1.88 bits per heavy atom. The Labute approximate surface area is 94.5 Å². The van der Waals surface area contributed by atoms with Crippen molar-refractivity contribution in [3.05, 3.63) is 29.8 Å². The molecular formula is C12H17NO3. The van der Waals surface area contributed by atoms with Crippen molar-refractivity contribution < 1.29 is 15.3 Å². The maximum absolute atomic E-state index is 9.96. The highest BCUT2D eigenvalue weighted by Crippen LogP contribution is 2.31. The summed E-state index contributed by atoms with van der Waals surface area (Å²) >= 11 is 0. The number of aliphatic hydroxyl groups is 2. The van der Waals surface area contributed by atoms with Gasteiger partial charge in [-0.15, -0.1) is 0 Å². The molecule has 3 atom stereocenters. The van der Waals surface area contributed by atoms with Crippen molar-refractivity contribution in [2.45, 2.75) is 12.0 Å². The van der Waals surface area contributed by atoms with Gasteiger partial charge in [0, 0.05) is 31.5 Å². The minimum absolute atomic E-state index is 0.0216. The molecule has 0 saturated carbocycles. The number of β-amino-alcohol motifs (C(OH)–C–C–N with tert-alkyl or cyclic N) is 1. The van der Waals surface area contributed by atoms with Crippen molar-refractivity contribution in [2.75, 3.05) is 19.7 Å². The van der Waals surface area contributed by atoms with Crippen LogP contribution in [-0.4, -0.2) is 41.1 Å². The van der Waals surface area contributed by atoms with Crippen LogP contribution in [0, 0.1) is 5.92 Å². The molecule has 0 aromatic heterocycles. The largest absolute Gasteiger partial charge is 0.508 e. The Morgan fingerprint density at radius 1 is 1.19 bits per heavy atom. The molecule has 4 nitrogen and oxygen atoms in total. The van der Waals surface area contributed by atoms with Crippen LogP contribution in [0.15, 0.2) is 24.3 Å². The van der Waals surface area contributed by atoms with Crippen molar-refractivity contribution in [3.8, 4) is 5.75 Å². The molecule has 4 heteroatoms. The highest BCUT2D eigenvalue weighted by Gasteiger charge is 2.32. The number of hydrogen-bond donors (Lipinski definition) is 4. The first-order chi connectivity index (χ1) is 7.72. The lowest BCUT2D eigenvalue weighted by molar-refractivity contribution is 0.0614. The summed E-state index contributed by atoms with van der Waals surface area (Å²) in [6.07, 6.45) is -0.490. The molecule has 2 rings (SSSR count). The number of phenolic OH excluding ortho intramolecular Hbond substituents is 1. The number of aliphatic hydroxyl groups excluding tert-OH is 2. The summed E-state index contributed by atoms with van der Waals surface area (Å²) in [6.45, 7) is 1.30. The molecule has 0 radical (unpaired) electrons. The highest BCUT2D eigenvalue weighted by molar-refractivity contribution is 5.30. The second kappa shape index (κ2) is 4.82. The number of aromatic hydroxyl groups is 1. The van der Waals surface area contributed by atoms with E-state index in [0.717, 1.165) is 5.56 Å². The average Bonchev–Trinajstić information content (AvgIpc) is 2.30. The number of piperidine rings is 1. The zero-order valence-corrected chi connectivity index (χ0v) is 9.00. The molecule has 88 valence electrons. The van der Waals surface area contributed by atoms with Crippen LogP contribution >= 0.6 is 0 Å². The van der Waals surface area contributed by atoms with E-state index in [-0.39, 0.29) is 24.2 Å². The summed E-state index contributed by atoms with van der Waals surface area (Å²) in [7, 11) is 0. The Hall–Kier alpha value is -1.10. The van der Waals surface area contributed by atoms with Gasteiger partial charge >= 0.3 is 0 Å². The van der Waals surface area contributed by atoms with Crippen molar-refractivity contribution in [1.29, 1.82) is 0 Å². The fraction of sp³-hybridized carbons (Fsp3) is 0.500. The SMILES string of the molecule is OC[C@@H]1CNC[C@H](O)[C@H]1c1ccc(O)cc1. The van der Waals surface area contributed by atoms with Gasteiger partial charge in [0.2, 0.25) is 0 Å². The monoisotopic (exact) mass is 223 g/mol. The van der Waals surface area contributed by atoms with Crippen LogP contribution in [-0.2, 0) is 0 Å². The molecule has 1 saturated heterocycles. The first kappa shape index (κ1) is 11.4. The fourth-order valence-corrected chi connectivity index (χ4v) is 2.35. The fourth-order valence-electron chi connectivity index (χ4n) is 2.35. The third-order valence-electron chi connectivity index (χ3n) is 3.19. The normalized spacial score (nSPS) is 30.2. The molecule has 0 unspecified atom stereocenters. The molecule has 0 spiro atoms. The lowest BCUT2D eigenvalue weighted by Crippen LogP contribution is -2.46. The van der Waals surface area contributed by atoms with E-state index in [1.54, 1.807) is 24.3 Å². The van der Waals surface area contributed by atoms with E-state index in [9.17, 15) is 15.3 Å². The number of rotatable bonds is 2. The zero-order valence-electron chi connectivity index (χ0n) is 9.00. The van der Waals surface area contributed by atoms with E-state index >= 15 is 0 Å². The lowest BCUT2D eigenvalue weighted by Gasteiger charge is -2.35. The Morgan fingerprint density at radius 3 is 2.50 bits per heavy atom. The van der Waals surface area contributed by atoms with Gasteiger partial charge in [0.25, 0.3) is 0 Å². The number of hydrogen-bond acceptors (Lipinski definition) is 4. The molecule has 1 aromatic rings. The minimum atomic E-state index is -0.490. The molecule has 4 N–H and O–H groups in total. The molecule has 0 bridgehead atoms. The van der Waals surface area contributed by atoms with Gasteiger partial charge in [0.15, 0.2) is 0 Å². The topological polar surface area (TPSA) is 72.7 Å². The van der Waals surface area contributed by atoms with Crippen LogP contribution in [0.4, 0.5) is 0 Å². The van der Waals surface area contributed by atoms with Crippen LogP contribution < -0.4 is 5.32 Å². The number of phenols is 1. The maximum atomic E-state index is 9.96. The summed E-state index contributed by atoms with van der Waals surface area (Å²) in [4.78, 5) is 0. The first-order valence-electron chi connectivity index (χ1n) is 5.51.